The summed E-state index contributed by atoms with van der Waals surface area (Å²) in [6.45, 7) is 1.72. The van der Waals surface area contributed by atoms with Crippen LogP contribution in [-0.2, 0) is 11.7 Å². The average molecular weight is 300 g/mol. The second kappa shape index (κ2) is 5.11. The molecule has 106 valence electrons. The molecular formula is C15H13ClF3N. The van der Waals surface area contributed by atoms with Crippen LogP contribution in [0.3, 0.4) is 0 Å². The van der Waals surface area contributed by atoms with Gasteiger partial charge in [-0.05, 0) is 36.2 Å². The van der Waals surface area contributed by atoms with Gasteiger partial charge in [0.25, 0.3) is 0 Å². The number of rotatable bonds is 2. The molecule has 0 aromatic heterocycles. The summed E-state index contributed by atoms with van der Waals surface area (Å²) in [5.74, 6) is 0. The number of halogens is 4. The van der Waals surface area contributed by atoms with E-state index in [-0.39, 0.29) is 0 Å². The molecule has 2 aromatic rings. The third kappa shape index (κ3) is 2.81. The van der Waals surface area contributed by atoms with E-state index in [4.69, 9.17) is 17.3 Å². The van der Waals surface area contributed by atoms with Gasteiger partial charge in [0.2, 0.25) is 0 Å². The Kier molecular flexibility index (Phi) is 3.80. The van der Waals surface area contributed by atoms with E-state index in [0.29, 0.717) is 16.1 Å². The molecule has 5 heteroatoms. The molecule has 0 bridgehead atoms. The van der Waals surface area contributed by atoms with E-state index in [1.807, 2.05) is 0 Å². The van der Waals surface area contributed by atoms with Crippen molar-refractivity contribution in [1.82, 2.24) is 0 Å². The molecule has 2 rings (SSSR count). The Morgan fingerprint density at radius 3 is 1.90 bits per heavy atom. The topological polar surface area (TPSA) is 26.0 Å². The largest absolute Gasteiger partial charge is 0.416 e. The van der Waals surface area contributed by atoms with Crippen LogP contribution in [0, 0.1) is 0 Å². The lowest BCUT2D eigenvalue weighted by Gasteiger charge is -2.27. The zero-order valence-electron chi connectivity index (χ0n) is 10.7. The number of hydrogen-bond donors (Lipinski definition) is 1. The van der Waals surface area contributed by atoms with Crippen molar-refractivity contribution in [3.05, 3.63) is 70.2 Å². The van der Waals surface area contributed by atoms with Crippen molar-refractivity contribution in [2.24, 2.45) is 5.73 Å². The fourth-order valence-electron chi connectivity index (χ4n) is 2.04. The van der Waals surface area contributed by atoms with Crippen LogP contribution in [0.5, 0.6) is 0 Å². The van der Waals surface area contributed by atoms with Gasteiger partial charge in [-0.15, -0.1) is 0 Å². The Balaban J connectivity index is 2.43. The Hall–Kier alpha value is -1.52. The van der Waals surface area contributed by atoms with Gasteiger partial charge in [0.05, 0.1) is 11.1 Å². The van der Waals surface area contributed by atoms with Gasteiger partial charge in [0, 0.05) is 5.02 Å². The fourth-order valence-corrected chi connectivity index (χ4v) is 2.38. The van der Waals surface area contributed by atoms with Crippen molar-refractivity contribution in [2.75, 3.05) is 0 Å². The van der Waals surface area contributed by atoms with Crippen LogP contribution in [-0.4, -0.2) is 0 Å². The molecule has 0 amide bonds. The van der Waals surface area contributed by atoms with Crippen LogP contribution in [0.2, 0.25) is 5.02 Å². The molecule has 0 spiro atoms. The number of nitrogens with two attached hydrogens (primary N) is 1. The number of benzene rings is 2. The van der Waals surface area contributed by atoms with Crippen molar-refractivity contribution < 1.29 is 13.2 Å². The Morgan fingerprint density at radius 1 is 0.900 bits per heavy atom. The van der Waals surface area contributed by atoms with Gasteiger partial charge < -0.3 is 5.73 Å². The van der Waals surface area contributed by atoms with Crippen molar-refractivity contribution in [2.45, 2.75) is 18.6 Å². The van der Waals surface area contributed by atoms with E-state index in [1.54, 1.807) is 31.2 Å². The molecule has 20 heavy (non-hydrogen) atoms. The van der Waals surface area contributed by atoms with Gasteiger partial charge in [-0.3, -0.25) is 0 Å². The van der Waals surface area contributed by atoms with Crippen molar-refractivity contribution in [3.8, 4) is 0 Å². The van der Waals surface area contributed by atoms with Crippen molar-refractivity contribution >= 4 is 11.6 Å². The number of hydrogen-bond acceptors (Lipinski definition) is 1. The minimum atomic E-state index is -4.35. The molecule has 1 atom stereocenters. The zero-order valence-corrected chi connectivity index (χ0v) is 11.5. The Morgan fingerprint density at radius 2 is 1.40 bits per heavy atom. The number of alkyl halides is 3. The third-order valence-electron chi connectivity index (χ3n) is 3.25. The highest BCUT2D eigenvalue weighted by Crippen LogP contribution is 2.34. The van der Waals surface area contributed by atoms with Gasteiger partial charge >= 0.3 is 6.18 Å². The first-order valence-electron chi connectivity index (χ1n) is 5.94. The maximum absolute atomic E-state index is 12.6. The molecule has 0 aliphatic carbocycles. The highest BCUT2D eigenvalue weighted by atomic mass is 35.5. The summed E-state index contributed by atoms with van der Waals surface area (Å²) in [5.41, 5.74) is 5.84. The van der Waals surface area contributed by atoms with Gasteiger partial charge in [0.1, 0.15) is 0 Å². The lowest BCUT2D eigenvalue weighted by atomic mass is 9.85. The van der Waals surface area contributed by atoms with Crippen LogP contribution in [0.25, 0.3) is 0 Å². The molecule has 2 aromatic carbocycles. The second-order valence-electron chi connectivity index (χ2n) is 4.76. The minimum absolute atomic E-state index is 0.484. The van der Waals surface area contributed by atoms with Crippen molar-refractivity contribution in [1.29, 1.82) is 0 Å². The standard InChI is InChI=1S/C15H13ClF3N/c1-14(20,12-4-2-3-5-13(12)16)10-6-8-11(9-7-10)15(17,18)19/h2-9H,20H2,1H3. The van der Waals surface area contributed by atoms with E-state index in [2.05, 4.69) is 0 Å². The Labute approximate surface area is 120 Å². The smallest absolute Gasteiger partial charge is 0.318 e. The van der Waals surface area contributed by atoms with E-state index in [1.165, 1.54) is 12.1 Å². The molecule has 1 unspecified atom stereocenters. The average Bonchev–Trinajstić information content (AvgIpc) is 2.38. The molecule has 0 saturated heterocycles. The van der Waals surface area contributed by atoms with Gasteiger partial charge in [-0.1, -0.05) is 41.9 Å². The zero-order chi connectivity index (χ0) is 15.0. The fraction of sp³-hybridized carbons (Fsp3) is 0.200. The SMILES string of the molecule is CC(N)(c1ccc(C(F)(F)F)cc1)c1ccccc1Cl. The summed E-state index contributed by atoms with van der Waals surface area (Å²) < 4.78 is 37.7. The summed E-state index contributed by atoms with van der Waals surface area (Å²) in [7, 11) is 0. The van der Waals surface area contributed by atoms with Crippen LogP contribution >= 0.6 is 11.6 Å². The lowest BCUT2D eigenvalue weighted by Crippen LogP contribution is -2.34. The highest BCUT2D eigenvalue weighted by molar-refractivity contribution is 6.31. The first-order valence-corrected chi connectivity index (χ1v) is 6.32. The van der Waals surface area contributed by atoms with E-state index < -0.39 is 17.3 Å². The summed E-state index contributed by atoms with van der Waals surface area (Å²) in [4.78, 5) is 0. The maximum Gasteiger partial charge on any atom is 0.416 e. The van der Waals surface area contributed by atoms with E-state index in [0.717, 1.165) is 12.1 Å². The first kappa shape index (κ1) is 14.9. The minimum Gasteiger partial charge on any atom is -0.318 e. The maximum atomic E-state index is 12.6. The highest BCUT2D eigenvalue weighted by Gasteiger charge is 2.32. The second-order valence-corrected chi connectivity index (χ2v) is 5.16. The van der Waals surface area contributed by atoms with Crippen molar-refractivity contribution in [3.63, 3.8) is 0 Å². The molecule has 2 N–H and O–H groups in total. The predicted molar refractivity (Wildman–Crippen MR) is 73.5 cm³/mol. The van der Waals surface area contributed by atoms with E-state index >= 15 is 0 Å². The van der Waals surface area contributed by atoms with Gasteiger partial charge in [0.15, 0.2) is 0 Å². The van der Waals surface area contributed by atoms with Gasteiger partial charge in [-0.25, -0.2) is 0 Å². The molecule has 0 aliphatic rings. The van der Waals surface area contributed by atoms with Crippen LogP contribution in [0.4, 0.5) is 13.2 Å². The summed E-state index contributed by atoms with van der Waals surface area (Å²) >= 11 is 6.10. The molecule has 0 fully saturated rings. The quantitative estimate of drug-likeness (QED) is 0.863. The van der Waals surface area contributed by atoms with Crippen LogP contribution < -0.4 is 5.73 Å². The molecule has 0 saturated carbocycles. The molecular weight excluding hydrogens is 287 g/mol. The third-order valence-corrected chi connectivity index (χ3v) is 3.57. The molecule has 0 aliphatic heterocycles. The molecule has 1 nitrogen and oxygen atoms in total. The summed E-state index contributed by atoms with van der Waals surface area (Å²) in [5, 5.41) is 0.484. The Bertz CT molecular complexity index is 603. The molecule has 0 heterocycles. The lowest BCUT2D eigenvalue weighted by molar-refractivity contribution is -0.137. The first-order chi connectivity index (χ1) is 9.23. The van der Waals surface area contributed by atoms with Crippen LogP contribution in [0.1, 0.15) is 23.6 Å². The molecule has 0 radical (unpaired) electrons. The normalized spacial score (nSPS) is 14.9. The monoisotopic (exact) mass is 299 g/mol. The van der Waals surface area contributed by atoms with E-state index in [9.17, 15) is 13.2 Å². The summed E-state index contributed by atoms with van der Waals surface area (Å²) in [6, 6.07) is 11.8. The van der Waals surface area contributed by atoms with Gasteiger partial charge in [-0.2, -0.15) is 13.2 Å². The predicted octanol–water partition coefficient (Wildman–Crippen LogP) is 4.58. The van der Waals surface area contributed by atoms with Crippen LogP contribution in [0.15, 0.2) is 48.5 Å². The summed E-state index contributed by atoms with van der Waals surface area (Å²) in [6.07, 6.45) is -4.35.